The fourth-order valence-electron chi connectivity index (χ4n) is 3.79. The first-order valence-corrected chi connectivity index (χ1v) is 10.4. The molecule has 162 valence electrons. The maximum absolute atomic E-state index is 12.9. The van der Waals surface area contributed by atoms with E-state index in [0.29, 0.717) is 25.3 Å². The highest BCUT2D eigenvalue weighted by Crippen LogP contribution is 2.31. The van der Waals surface area contributed by atoms with Crippen molar-refractivity contribution in [2.75, 3.05) is 37.6 Å². The molecule has 1 amide bonds. The van der Waals surface area contributed by atoms with Crippen molar-refractivity contribution in [3.8, 4) is 0 Å². The zero-order valence-corrected chi connectivity index (χ0v) is 17.2. The molecule has 1 fully saturated rings. The molecule has 1 heterocycles. The highest BCUT2D eigenvalue weighted by molar-refractivity contribution is 5.77. The first-order chi connectivity index (χ1) is 14.3. The Morgan fingerprint density at radius 2 is 1.80 bits per heavy atom. The van der Waals surface area contributed by atoms with Gasteiger partial charge >= 0.3 is 6.18 Å². The highest BCUT2D eigenvalue weighted by atomic mass is 19.4. The van der Waals surface area contributed by atoms with E-state index in [1.165, 1.54) is 17.7 Å². The number of aryl methyl sites for hydroxylation is 1. The summed E-state index contributed by atoms with van der Waals surface area (Å²) in [5, 5.41) is 3.07. The van der Waals surface area contributed by atoms with Gasteiger partial charge in [0.15, 0.2) is 6.54 Å². The molecule has 0 aliphatic carbocycles. The van der Waals surface area contributed by atoms with Crippen LogP contribution in [0.3, 0.4) is 0 Å². The summed E-state index contributed by atoms with van der Waals surface area (Å²) >= 11 is 0. The Bertz CT molecular complexity index is 818. The molecule has 2 aromatic carbocycles. The van der Waals surface area contributed by atoms with E-state index in [9.17, 15) is 18.0 Å². The van der Waals surface area contributed by atoms with Gasteiger partial charge in [0.2, 0.25) is 0 Å². The molecular weight excluding hydrogens is 391 g/mol. The van der Waals surface area contributed by atoms with Crippen molar-refractivity contribution < 1.29 is 22.9 Å². The Morgan fingerprint density at radius 1 is 1.10 bits per heavy atom. The molecule has 1 saturated heterocycles. The van der Waals surface area contributed by atoms with Gasteiger partial charge in [-0.3, -0.25) is 4.79 Å². The lowest BCUT2D eigenvalue weighted by atomic mass is 10.1. The summed E-state index contributed by atoms with van der Waals surface area (Å²) in [6.45, 7) is 5.12. The fourth-order valence-corrected chi connectivity index (χ4v) is 3.79. The summed E-state index contributed by atoms with van der Waals surface area (Å²) in [5.74, 6) is 0.0260. The summed E-state index contributed by atoms with van der Waals surface area (Å²) in [6, 6.07) is 15.7. The van der Waals surface area contributed by atoms with Crippen LogP contribution in [0.4, 0.5) is 18.9 Å². The number of benzene rings is 2. The summed E-state index contributed by atoms with van der Waals surface area (Å²) in [7, 11) is 0. The van der Waals surface area contributed by atoms with Crippen LogP contribution in [-0.4, -0.2) is 44.7 Å². The normalized spacial score (nSPS) is 16.3. The zero-order chi connectivity index (χ0) is 21.6. The van der Waals surface area contributed by atoms with Gasteiger partial charge in [-0.2, -0.15) is 13.2 Å². The molecule has 1 atom stereocenters. The molecule has 0 radical (unpaired) electrons. The van der Waals surface area contributed by atoms with Crippen LogP contribution in [0.5, 0.6) is 0 Å². The van der Waals surface area contributed by atoms with E-state index in [1.54, 1.807) is 6.07 Å². The zero-order valence-electron chi connectivity index (χ0n) is 17.2. The Labute approximate surface area is 175 Å². The minimum absolute atomic E-state index is 0.0260. The number of halogens is 3. The number of hydrogen-bond acceptors (Lipinski definition) is 2. The average molecular weight is 420 g/mol. The molecule has 4 nitrogen and oxygen atoms in total. The Balaban J connectivity index is 1.41. The van der Waals surface area contributed by atoms with E-state index in [0.717, 1.165) is 36.9 Å². The van der Waals surface area contributed by atoms with Crippen molar-refractivity contribution in [2.24, 2.45) is 0 Å². The monoisotopic (exact) mass is 420 g/mol. The second-order valence-corrected chi connectivity index (χ2v) is 7.95. The van der Waals surface area contributed by atoms with E-state index >= 15 is 0 Å². The van der Waals surface area contributed by atoms with Crippen LogP contribution in [0.25, 0.3) is 0 Å². The number of carbonyl (C=O) groups is 1. The van der Waals surface area contributed by atoms with Crippen LogP contribution in [0.15, 0.2) is 54.6 Å². The predicted octanol–water partition coefficient (Wildman–Crippen LogP) is 2.55. The van der Waals surface area contributed by atoms with Crippen molar-refractivity contribution in [3.63, 3.8) is 0 Å². The maximum Gasteiger partial charge on any atom is 0.416 e. The number of amides is 1. The number of nitrogens with zero attached hydrogens (tertiary/aromatic N) is 1. The molecule has 0 aromatic heterocycles. The molecular formula is C23H29F3N3O+. The van der Waals surface area contributed by atoms with Gasteiger partial charge in [0.25, 0.3) is 5.91 Å². The van der Waals surface area contributed by atoms with Crippen LogP contribution < -0.4 is 15.1 Å². The lowest BCUT2D eigenvalue weighted by molar-refractivity contribution is -0.892. The van der Waals surface area contributed by atoms with E-state index in [-0.39, 0.29) is 11.9 Å². The molecule has 7 heteroatoms. The van der Waals surface area contributed by atoms with Gasteiger partial charge < -0.3 is 15.1 Å². The maximum atomic E-state index is 12.9. The van der Waals surface area contributed by atoms with E-state index in [2.05, 4.69) is 17.4 Å². The number of piperazine rings is 1. The summed E-state index contributed by atoms with van der Waals surface area (Å²) in [4.78, 5) is 15.5. The third kappa shape index (κ3) is 6.49. The van der Waals surface area contributed by atoms with Crippen LogP contribution in [0, 0.1) is 0 Å². The number of anilines is 1. The number of nitrogens with one attached hydrogen (secondary N) is 2. The third-order valence-corrected chi connectivity index (χ3v) is 5.54. The van der Waals surface area contributed by atoms with Gasteiger partial charge in [-0.15, -0.1) is 0 Å². The lowest BCUT2D eigenvalue weighted by Gasteiger charge is -2.33. The van der Waals surface area contributed by atoms with Gasteiger partial charge in [0, 0.05) is 11.7 Å². The first-order valence-electron chi connectivity index (χ1n) is 10.4. The molecule has 3 rings (SSSR count). The third-order valence-electron chi connectivity index (χ3n) is 5.54. The SMILES string of the molecule is C[C@@H](CCc1ccccc1)NC(=O)C[NH+]1CCN(c2cccc(C(F)(F)F)c2)CC1. The molecule has 1 aliphatic rings. The minimum Gasteiger partial charge on any atom is -0.360 e. The van der Waals surface area contributed by atoms with Crippen molar-refractivity contribution >= 4 is 11.6 Å². The Morgan fingerprint density at radius 3 is 2.47 bits per heavy atom. The number of hydrogen-bond donors (Lipinski definition) is 2. The second-order valence-electron chi connectivity index (χ2n) is 7.95. The predicted molar refractivity (Wildman–Crippen MR) is 112 cm³/mol. The van der Waals surface area contributed by atoms with Gasteiger partial charge in [0.1, 0.15) is 0 Å². The Kier molecular flexibility index (Phi) is 7.37. The van der Waals surface area contributed by atoms with Crippen LogP contribution in [0.2, 0.25) is 0 Å². The van der Waals surface area contributed by atoms with Crippen LogP contribution in [-0.2, 0) is 17.4 Å². The van der Waals surface area contributed by atoms with Crippen molar-refractivity contribution in [2.45, 2.75) is 32.0 Å². The largest absolute Gasteiger partial charge is 0.416 e. The number of alkyl halides is 3. The lowest BCUT2D eigenvalue weighted by Crippen LogP contribution is -3.16. The second kappa shape index (κ2) is 9.98. The Hall–Kier alpha value is -2.54. The number of carbonyl (C=O) groups excluding carboxylic acids is 1. The van der Waals surface area contributed by atoms with Gasteiger partial charge in [-0.1, -0.05) is 36.4 Å². The number of quaternary nitrogens is 1. The van der Waals surface area contributed by atoms with Crippen molar-refractivity contribution in [1.82, 2.24) is 5.32 Å². The molecule has 0 bridgehead atoms. The van der Waals surface area contributed by atoms with Gasteiger partial charge in [0.05, 0.1) is 31.7 Å². The number of rotatable bonds is 7. The quantitative estimate of drug-likeness (QED) is 0.723. The van der Waals surface area contributed by atoms with Crippen molar-refractivity contribution in [3.05, 3.63) is 65.7 Å². The standard InChI is InChI=1S/C23H28F3N3O/c1-18(10-11-19-6-3-2-4-7-19)27-22(30)17-28-12-14-29(15-13-28)21-9-5-8-20(16-21)23(24,25)26/h2-9,16,18H,10-15,17H2,1H3,(H,27,30)/p+1/t18-/m0/s1. The van der Waals surface area contributed by atoms with Crippen LogP contribution >= 0.6 is 0 Å². The van der Waals surface area contributed by atoms with Crippen molar-refractivity contribution in [1.29, 1.82) is 0 Å². The van der Waals surface area contributed by atoms with E-state index in [1.807, 2.05) is 30.0 Å². The molecule has 30 heavy (non-hydrogen) atoms. The molecule has 0 unspecified atom stereocenters. The summed E-state index contributed by atoms with van der Waals surface area (Å²) in [6.07, 6.45) is -2.53. The summed E-state index contributed by atoms with van der Waals surface area (Å²) in [5.41, 5.74) is 1.22. The van der Waals surface area contributed by atoms with Crippen LogP contribution in [0.1, 0.15) is 24.5 Å². The van der Waals surface area contributed by atoms with E-state index < -0.39 is 11.7 Å². The molecule has 2 N–H and O–H groups in total. The van der Waals surface area contributed by atoms with E-state index in [4.69, 9.17) is 0 Å². The topological polar surface area (TPSA) is 36.8 Å². The molecule has 1 aliphatic heterocycles. The summed E-state index contributed by atoms with van der Waals surface area (Å²) < 4.78 is 38.8. The molecule has 2 aromatic rings. The molecule has 0 spiro atoms. The minimum atomic E-state index is -4.33. The highest BCUT2D eigenvalue weighted by Gasteiger charge is 2.31. The smallest absolute Gasteiger partial charge is 0.360 e. The van der Waals surface area contributed by atoms with Gasteiger partial charge in [-0.05, 0) is 43.5 Å². The van der Waals surface area contributed by atoms with Gasteiger partial charge in [-0.25, -0.2) is 0 Å². The fraction of sp³-hybridized carbons (Fsp3) is 0.435. The first kappa shape index (κ1) is 22.2. The average Bonchev–Trinajstić information content (AvgIpc) is 2.73. The molecule has 0 saturated carbocycles.